The van der Waals surface area contributed by atoms with Crippen LogP contribution < -0.4 is 11.2 Å². The van der Waals surface area contributed by atoms with Crippen molar-refractivity contribution >= 4 is 47.9 Å². The number of hydrogen-bond acceptors (Lipinski definition) is 3. The number of rotatable bonds is 4. The van der Waals surface area contributed by atoms with Crippen LogP contribution in [0.4, 0.5) is 5.69 Å². The molecule has 3 N–H and O–H groups in total. The Balaban J connectivity index is 0.00000180. The van der Waals surface area contributed by atoms with Crippen molar-refractivity contribution in [3.05, 3.63) is 59.4 Å². The minimum absolute atomic E-state index is 0. The van der Waals surface area contributed by atoms with Gasteiger partial charge in [0.25, 0.3) is 0 Å². The number of benzene rings is 1. The Labute approximate surface area is 135 Å². The first kappa shape index (κ1) is 18.5. The van der Waals surface area contributed by atoms with Gasteiger partial charge in [-0.1, -0.05) is 17.7 Å². The number of amidine groups is 1. The van der Waals surface area contributed by atoms with Crippen LogP contribution in [-0.2, 0) is 6.42 Å². The Morgan fingerprint density at radius 2 is 1.85 bits per heavy atom. The van der Waals surface area contributed by atoms with E-state index < -0.39 is 0 Å². The smallest absolute Gasteiger partial charge is 0.126 e. The summed E-state index contributed by atoms with van der Waals surface area (Å²) >= 11 is 5.79. The second kappa shape index (κ2) is 9.42. The van der Waals surface area contributed by atoms with Gasteiger partial charge in [-0.3, -0.25) is 10.4 Å². The molecule has 108 valence electrons. The van der Waals surface area contributed by atoms with Gasteiger partial charge in [0.05, 0.1) is 5.69 Å². The van der Waals surface area contributed by atoms with Crippen LogP contribution in [0.3, 0.4) is 0 Å². The van der Waals surface area contributed by atoms with Crippen molar-refractivity contribution in [2.24, 2.45) is 10.8 Å². The van der Waals surface area contributed by atoms with Crippen LogP contribution in [-0.4, -0.2) is 10.8 Å². The lowest BCUT2D eigenvalue weighted by molar-refractivity contribution is 1.11. The van der Waals surface area contributed by atoms with E-state index in [0.717, 1.165) is 11.4 Å². The van der Waals surface area contributed by atoms with Crippen molar-refractivity contribution in [1.82, 2.24) is 4.98 Å². The van der Waals surface area contributed by atoms with E-state index in [1.54, 1.807) is 18.3 Å². The number of nitrogens with two attached hydrogens (primary N) is 1. The zero-order chi connectivity index (χ0) is 12.8. The highest BCUT2D eigenvalue weighted by Crippen LogP contribution is 2.13. The van der Waals surface area contributed by atoms with Crippen LogP contribution in [0, 0.1) is 0 Å². The van der Waals surface area contributed by atoms with Crippen LogP contribution in [0.5, 0.6) is 0 Å². The van der Waals surface area contributed by atoms with Crippen molar-refractivity contribution in [3.8, 4) is 0 Å². The van der Waals surface area contributed by atoms with E-state index in [4.69, 9.17) is 17.3 Å². The summed E-state index contributed by atoms with van der Waals surface area (Å²) in [4.78, 5) is 4.18. The van der Waals surface area contributed by atoms with Gasteiger partial charge < -0.3 is 5.73 Å². The number of hydrogen-bond donors (Lipinski definition) is 2. The molecule has 7 heteroatoms. The summed E-state index contributed by atoms with van der Waals surface area (Å²) < 4.78 is 0. The van der Waals surface area contributed by atoms with Gasteiger partial charge in [-0.2, -0.15) is 5.10 Å². The van der Waals surface area contributed by atoms with E-state index in [0.29, 0.717) is 17.3 Å². The van der Waals surface area contributed by atoms with Gasteiger partial charge in [0, 0.05) is 23.3 Å². The zero-order valence-electron chi connectivity index (χ0n) is 10.5. The highest BCUT2D eigenvalue weighted by molar-refractivity contribution is 6.30. The minimum atomic E-state index is 0. The second-order valence-corrected chi connectivity index (χ2v) is 4.16. The quantitative estimate of drug-likeness (QED) is 0.511. The third-order valence-corrected chi connectivity index (χ3v) is 2.51. The molecule has 20 heavy (non-hydrogen) atoms. The van der Waals surface area contributed by atoms with Crippen molar-refractivity contribution in [2.45, 2.75) is 6.42 Å². The lowest BCUT2D eigenvalue weighted by Gasteiger charge is -2.03. The summed E-state index contributed by atoms with van der Waals surface area (Å²) in [5.74, 6) is 0.476. The Hall–Kier alpha value is -1.49. The molecule has 0 spiro atoms. The lowest BCUT2D eigenvalue weighted by atomic mass is 10.2. The Morgan fingerprint density at radius 3 is 2.45 bits per heavy atom. The van der Waals surface area contributed by atoms with Gasteiger partial charge in [-0.05, 0) is 36.4 Å². The monoisotopic (exact) mass is 332 g/mol. The van der Waals surface area contributed by atoms with Crippen LogP contribution >= 0.6 is 36.4 Å². The normalized spacial score (nSPS) is 10.2. The predicted molar refractivity (Wildman–Crippen MR) is 89.1 cm³/mol. The van der Waals surface area contributed by atoms with E-state index in [2.05, 4.69) is 15.5 Å². The molecule has 1 heterocycles. The summed E-state index contributed by atoms with van der Waals surface area (Å²) in [5, 5.41) is 4.77. The highest BCUT2D eigenvalue weighted by atomic mass is 35.5. The van der Waals surface area contributed by atoms with Crippen LogP contribution in [0.2, 0.25) is 5.02 Å². The summed E-state index contributed by atoms with van der Waals surface area (Å²) in [5.41, 5.74) is 10.4. The number of nitrogens with one attached hydrogen (secondary N) is 1. The third-order valence-electron chi connectivity index (χ3n) is 2.26. The van der Waals surface area contributed by atoms with Gasteiger partial charge in [0.15, 0.2) is 0 Å². The standard InChI is InChI=1S/C13H13ClN4.2ClH/c14-10-4-6-11(7-5-10)17-18-13(15)9-12-3-1-2-8-16-12;;/h1-8,17H,9H2,(H2,15,18);2*1H. The summed E-state index contributed by atoms with van der Waals surface area (Å²) in [6, 6.07) is 12.9. The average Bonchev–Trinajstić information content (AvgIpc) is 2.39. The fourth-order valence-corrected chi connectivity index (χ4v) is 1.51. The van der Waals surface area contributed by atoms with Gasteiger partial charge in [-0.15, -0.1) is 24.8 Å². The molecule has 2 aromatic rings. The highest BCUT2D eigenvalue weighted by Gasteiger charge is 1.97. The molecule has 0 unspecified atom stereocenters. The van der Waals surface area contributed by atoms with Gasteiger partial charge in [-0.25, -0.2) is 0 Å². The first-order valence-corrected chi connectivity index (χ1v) is 5.85. The van der Waals surface area contributed by atoms with Crippen molar-refractivity contribution < 1.29 is 0 Å². The predicted octanol–water partition coefficient (Wildman–Crippen LogP) is 3.51. The molecule has 0 atom stereocenters. The number of halogens is 3. The molecule has 2 rings (SSSR count). The van der Waals surface area contributed by atoms with Gasteiger partial charge in [0.2, 0.25) is 0 Å². The maximum Gasteiger partial charge on any atom is 0.126 e. The fourth-order valence-electron chi connectivity index (χ4n) is 1.39. The Bertz CT molecular complexity index is 529. The molecule has 0 fully saturated rings. The van der Waals surface area contributed by atoms with Gasteiger partial charge in [0.1, 0.15) is 5.84 Å². The Morgan fingerprint density at radius 1 is 1.15 bits per heavy atom. The number of aromatic nitrogens is 1. The van der Waals surface area contributed by atoms with E-state index in [-0.39, 0.29) is 24.8 Å². The molecule has 0 aliphatic heterocycles. The molecule has 0 bridgehead atoms. The van der Waals surface area contributed by atoms with E-state index >= 15 is 0 Å². The second-order valence-electron chi connectivity index (χ2n) is 3.72. The van der Waals surface area contributed by atoms with Crippen LogP contribution in [0.1, 0.15) is 5.69 Å². The summed E-state index contributed by atoms with van der Waals surface area (Å²) in [6.07, 6.45) is 2.25. The van der Waals surface area contributed by atoms with E-state index in [9.17, 15) is 0 Å². The number of nitrogens with zero attached hydrogens (tertiary/aromatic N) is 2. The number of hydrazone groups is 1. The molecule has 0 saturated carbocycles. The van der Waals surface area contributed by atoms with Gasteiger partial charge >= 0.3 is 0 Å². The molecule has 0 aliphatic carbocycles. The van der Waals surface area contributed by atoms with Crippen molar-refractivity contribution in [1.29, 1.82) is 0 Å². The average molecular weight is 334 g/mol. The van der Waals surface area contributed by atoms with E-state index in [1.165, 1.54) is 0 Å². The molecular formula is C13H15Cl3N4. The maximum absolute atomic E-state index is 5.80. The number of pyridine rings is 1. The Kier molecular flexibility index (Phi) is 8.72. The molecule has 0 radical (unpaired) electrons. The number of anilines is 1. The topological polar surface area (TPSA) is 63.3 Å². The summed E-state index contributed by atoms with van der Waals surface area (Å²) in [6.45, 7) is 0. The SMILES string of the molecule is Cl.Cl.N/C(Cc1ccccn1)=N\Nc1ccc(Cl)cc1. The van der Waals surface area contributed by atoms with Crippen molar-refractivity contribution in [2.75, 3.05) is 5.43 Å². The largest absolute Gasteiger partial charge is 0.385 e. The van der Waals surface area contributed by atoms with Crippen LogP contribution in [0.15, 0.2) is 53.8 Å². The molecule has 1 aromatic carbocycles. The first-order chi connectivity index (χ1) is 8.74. The zero-order valence-corrected chi connectivity index (χ0v) is 12.9. The minimum Gasteiger partial charge on any atom is -0.385 e. The van der Waals surface area contributed by atoms with Crippen molar-refractivity contribution in [3.63, 3.8) is 0 Å². The molecule has 4 nitrogen and oxygen atoms in total. The molecule has 1 aromatic heterocycles. The first-order valence-electron chi connectivity index (χ1n) is 5.47. The fraction of sp³-hybridized carbons (Fsp3) is 0.0769. The summed E-state index contributed by atoms with van der Waals surface area (Å²) in [7, 11) is 0. The van der Waals surface area contributed by atoms with E-state index in [1.807, 2.05) is 30.3 Å². The molecule has 0 aliphatic rings. The maximum atomic E-state index is 5.80. The lowest BCUT2D eigenvalue weighted by Crippen LogP contribution is -2.17. The molecule has 0 saturated heterocycles. The molecule has 0 amide bonds. The third kappa shape index (κ3) is 6.10. The van der Waals surface area contributed by atoms with Crippen LogP contribution in [0.25, 0.3) is 0 Å². The molecular weight excluding hydrogens is 319 g/mol.